The number of nitrogens with one attached hydrogen (secondary N) is 3. The maximum Gasteiger partial charge on any atom is 0.416 e. The summed E-state index contributed by atoms with van der Waals surface area (Å²) in [5.74, 6) is -1.81. The van der Waals surface area contributed by atoms with Gasteiger partial charge in [-0.05, 0) is 48.5 Å². The molecule has 250 valence electrons. The number of anilines is 1. The summed E-state index contributed by atoms with van der Waals surface area (Å²) in [6.07, 6.45) is -13.3. The smallest absolute Gasteiger partial charge is 0.416 e. The van der Waals surface area contributed by atoms with Gasteiger partial charge in [-0.3, -0.25) is 5.32 Å². The topological polar surface area (TPSA) is 161 Å². The molecule has 1 amide bonds. The molecule has 0 radical (unpaired) electrons. The van der Waals surface area contributed by atoms with E-state index in [-0.39, 0.29) is 17.1 Å². The fourth-order valence-electron chi connectivity index (χ4n) is 5.37. The highest BCUT2D eigenvalue weighted by Gasteiger charge is 2.53. The number of carbonyl (C=O) groups is 3. The second-order valence-electron chi connectivity index (χ2n) is 10.8. The van der Waals surface area contributed by atoms with Gasteiger partial charge < -0.3 is 38.8 Å². The van der Waals surface area contributed by atoms with Gasteiger partial charge in [-0.1, -0.05) is 36.4 Å². The molecule has 1 saturated heterocycles. The number of alkyl halides is 3. The third kappa shape index (κ3) is 6.83. The van der Waals surface area contributed by atoms with Gasteiger partial charge in [-0.15, -0.1) is 0 Å². The number of hydrogen-bond acceptors (Lipinski definition) is 9. The van der Waals surface area contributed by atoms with E-state index >= 15 is 0 Å². The molecule has 0 bridgehead atoms. The van der Waals surface area contributed by atoms with Crippen molar-refractivity contribution in [3.8, 4) is 0 Å². The number of aliphatic hydroxyl groups excluding tert-OH is 1. The van der Waals surface area contributed by atoms with Crippen molar-refractivity contribution in [3.05, 3.63) is 102 Å². The molecule has 2 aromatic heterocycles. The summed E-state index contributed by atoms with van der Waals surface area (Å²) >= 11 is 0. The number of esters is 2. The van der Waals surface area contributed by atoms with Gasteiger partial charge in [0.15, 0.2) is 24.6 Å². The molecule has 0 unspecified atom stereocenters. The van der Waals surface area contributed by atoms with Crippen LogP contribution in [0, 0.1) is 0 Å². The van der Waals surface area contributed by atoms with Crippen molar-refractivity contribution in [1.29, 1.82) is 0 Å². The molecule has 1 fully saturated rings. The number of rotatable bonds is 8. The number of aliphatic hydroxyl groups is 1. The minimum absolute atomic E-state index is 0.0193. The summed E-state index contributed by atoms with van der Waals surface area (Å²) < 4.78 is 67.4. The lowest BCUT2D eigenvalue weighted by atomic mass is 9.98. The molecule has 4 N–H and O–H groups in total. The first-order valence-corrected chi connectivity index (χ1v) is 14.6. The van der Waals surface area contributed by atoms with Gasteiger partial charge in [-0.2, -0.15) is 13.2 Å². The van der Waals surface area contributed by atoms with Gasteiger partial charge in [0.05, 0.1) is 12.2 Å². The number of methoxy groups -OCH3 is 1. The number of para-hydroxylation sites is 2. The average Bonchev–Trinajstić information content (AvgIpc) is 3.71. The Kier molecular flexibility index (Phi) is 9.08. The Morgan fingerprint density at radius 3 is 1.83 bits per heavy atom. The first kappa shape index (κ1) is 32.6. The summed E-state index contributed by atoms with van der Waals surface area (Å²) in [6.45, 7) is -0.763. The largest absolute Gasteiger partial charge is 0.449 e. The summed E-state index contributed by atoms with van der Waals surface area (Å²) in [5, 5.41) is 13.9. The molecule has 6 rings (SSSR count). The Labute approximate surface area is 269 Å². The minimum atomic E-state index is -4.59. The zero-order valence-electron chi connectivity index (χ0n) is 25.0. The molecule has 12 nitrogen and oxygen atoms in total. The van der Waals surface area contributed by atoms with E-state index < -0.39 is 67.1 Å². The molecule has 0 saturated carbocycles. The van der Waals surface area contributed by atoms with Crippen LogP contribution in [0.1, 0.15) is 26.5 Å². The van der Waals surface area contributed by atoms with E-state index in [1.54, 1.807) is 54.6 Å². The lowest BCUT2D eigenvalue weighted by Crippen LogP contribution is -2.63. The number of aromatic amines is 2. The zero-order chi connectivity index (χ0) is 34.0. The maximum absolute atomic E-state index is 13.5. The number of fused-ring (bicyclic) bond motifs is 2. The molecule has 1 aliphatic rings. The van der Waals surface area contributed by atoms with E-state index in [4.69, 9.17) is 23.7 Å². The van der Waals surface area contributed by atoms with E-state index in [0.29, 0.717) is 16.4 Å². The number of H-pyrrole nitrogens is 2. The molecule has 1 aliphatic heterocycles. The summed E-state index contributed by atoms with van der Waals surface area (Å²) in [6, 6.07) is 20.8. The highest BCUT2D eigenvalue weighted by Crippen LogP contribution is 2.32. The SMILES string of the molecule is CO[C@H]1O[C@H](CO)[C@@H](OC(=O)Nc2ccc(C(F)(F)F)cc2)[C@H](OC(=O)c2cc3ccccc3[nH]2)[C@H]1OC(=O)c1cc2ccccc2[nH]1. The number of benzene rings is 3. The van der Waals surface area contributed by atoms with Crippen LogP contribution < -0.4 is 5.32 Å². The molecular formula is C33H28F3N3O9. The van der Waals surface area contributed by atoms with Crippen molar-refractivity contribution < 1.29 is 56.3 Å². The molecule has 48 heavy (non-hydrogen) atoms. The van der Waals surface area contributed by atoms with Crippen LogP contribution in [0.4, 0.5) is 23.7 Å². The van der Waals surface area contributed by atoms with Gasteiger partial charge in [0.2, 0.25) is 0 Å². The Morgan fingerprint density at radius 2 is 1.33 bits per heavy atom. The second-order valence-corrected chi connectivity index (χ2v) is 10.8. The van der Waals surface area contributed by atoms with Crippen molar-refractivity contribution in [3.63, 3.8) is 0 Å². The fraction of sp³-hybridized carbons (Fsp3) is 0.242. The second kappa shape index (κ2) is 13.4. The predicted octanol–water partition coefficient (Wildman–Crippen LogP) is 5.40. The van der Waals surface area contributed by atoms with Crippen LogP contribution in [-0.4, -0.2) is 77.5 Å². The van der Waals surface area contributed by atoms with Crippen LogP contribution in [0.3, 0.4) is 0 Å². The Bertz CT molecular complexity index is 1870. The average molecular weight is 668 g/mol. The highest BCUT2D eigenvalue weighted by molar-refractivity contribution is 5.96. The Hall–Kier alpha value is -5.38. The van der Waals surface area contributed by atoms with E-state index in [1.165, 1.54) is 13.2 Å². The van der Waals surface area contributed by atoms with E-state index in [2.05, 4.69) is 15.3 Å². The van der Waals surface area contributed by atoms with Crippen molar-refractivity contribution in [1.82, 2.24) is 9.97 Å². The zero-order valence-corrected chi connectivity index (χ0v) is 25.0. The molecule has 3 heterocycles. The monoisotopic (exact) mass is 667 g/mol. The van der Waals surface area contributed by atoms with Gasteiger partial charge in [0.1, 0.15) is 17.5 Å². The molecular weight excluding hydrogens is 639 g/mol. The van der Waals surface area contributed by atoms with Crippen LogP contribution in [-0.2, 0) is 29.9 Å². The predicted molar refractivity (Wildman–Crippen MR) is 163 cm³/mol. The number of hydrogen-bond donors (Lipinski definition) is 4. The number of aromatic nitrogens is 2. The number of amides is 1. The third-order valence-corrected chi connectivity index (χ3v) is 7.69. The van der Waals surface area contributed by atoms with Crippen molar-refractivity contribution in [2.45, 2.75) is 36.9 Å². The summed E-state index contributed by atoms with van der Waals surface area (Å²) in [5.41, 5.74) is 0.366. The van der Waals surface area contributed by atoms with Gasteiger partial charge in [0.25, 0.3) is 0 Å². The fourth-order valence-corrected chi connectivity index (χ4v) is 5.37. The van der Waals surface area contributed by atoms with Crippen LogP contribution in [0.15, 0.2) is 84.9 Å². The van der Waals surface area contributed by atoms with Gasteiger partial charge in [0, 0.05) is 34.6 Å². The first-order valence-electron chi connectivity index (χ1n) is 14.6. The van der Waals surface area contributed by atoms with E-state index in [0.717, 1.165) is 29.7 Å². The summed E-state index contributed by atoms with van der Waals surface area (Å²) in [4.78, 5) is 45.9. The number of halogens is 3. The summed E-state index contributed by atoms with van der Waals surface area (Å²) in [7, 11) is 1.23. The van der Waals surface area contributed by atoms with E-state index in [9.17, 15) is 32.7 Å². The van der Waals surface area contributed by atoms with Gasteiger partial charge >= 0.3 is 24.2 Å². The van der Waals surface area contributed by atoms with Crippen LogP contribution >= 0.6 is 0 Å². The minimum Gasteiger partial charge on any atom is -0.449 e. The molecule has 3 aromatic carbocycles. The van der Waals surface area contributed by atoms with Crippen LogP contribution in [0.5, 0.6) is 0 Å². The molecule has 0 aliphatic carbocycles. The molecule has 5 atom stereocenters. The molecule has 0 spiro atoms. The third-order valence-electron chi connectivity index (χ3n) is 7.69. The highest BCUT2D eigenvalue weighted by atomic mass is 19.4. The number of ether oxygens (including phenoxy) is 5. The molecule has 15 heteroatoms. The Balaban J connectivity index is 1.30. The molecule has 5 aromatic rings. The quantitative estimate of drug-likeness (QED) is 0.125. The van der Waals surface area contributed by atoms with Crippen LogP contribution in [0.2, 0.25) is 0 Å². The normalized spacial score (nSPS) is 21.1. The van der Waals surface area contributed by atoms with Crippen LogP contribution in [0.25, 0.3) is 21.8 Å². The Morgan fingerprint density at radius 1 is 0.792 bits per heavy atom. The van der Waals surface area contributed by atoms with Gasteiger partial charge in [-0.25, -0.2) is 14.4 Å². The van der Waals surface area contributed by atoms with E-state index in [1.807, 2.05) is 0 Å². The lowest BCUT2D eigenvalue weighted by Gasteiger charge is -2.43. The first-order chi connectivity index (χ1) is 23.0. The lowest BCUT2D eigenvalue weighted by molar-refractivity contribution is -0.291. The van der Waals surface area contributed by atoms with Crippen molar-refractivity contribution in [2.75, 3.05) is 19.0 Å². The standard InChI is InChI=1S/C33H28F3N3O9/c1-44-31-28(47-30(42)24-15-18-7-3-5-9-22(18)39-24)27(46-29(41)23-14-17-6-2-4-8-21(17)38-23)26(25(16-40)45-31)48-32(43)37-20-12-10-19(11-13-20)33(34,35)36/h2-15,25-28,31,38-40H,16H2,1H3,(H,37,43)/t25-,26-,27+,28-,31+/m1/s1. The number of carbonyl (C=O) groups excluding carboxylic acids is 3. The van der Waals surface area contributed by atoms with Crippen molar-refractivity contribution >= 4 is 45.5 Å². The maximum atomic E-state index is 13.5. The van der Waals surface area contributed by atoms with Crippen molar-refractivity contribution in [2.24, 2.45) is 0 Å².